The summed E-state index contributed by atoms with van der Waals surface area (Å²) in [5, 5.41) is 3.36. The van der Waals surface area contributed by atoms with Crippen LogP contribution in [0.3, 0.4) is 0 Å². The number of piperidine rings is 1. The van der Waals surface area contributed by atoms with Crippen molar-refractivity contribution >= 4 is 11.7 Å². The maximum Gasteiger partial charge on any atom is 0.257 e. The maximum atomic E-state index is 14.2. The van der Waals surface area contributed by atoms with Crippen molar-refractivity contribution in [3.05, 3.63) is 59.7 Å². The quantitative estimate of drug-likeness (QED) is 0.462. The summed E-state index contributed by atoms with van der Waals surface area (Å²) in [6.07, 6.45) is 7.06. The highest BCUT2D eigenvalue weighted by Crippen LogP contribution is 2.34. The van der Waals surface area contributed by atoms with Gasteiger partial charge in [-0.05, 0) is 39.0 Å². The molecule has 1 amide bonds. The Morgan fingerprint density at radius 3 is 2.77 bits per heavy atom. The van der Waals surface area contributed by atoms with Gasteiger partial charge in [-0.25, -0.2) is 24.3 Å². The molecule has 1 saturated heterocycles. The van der Waals surface area contributed by atoms with Crippen LogP contribution in [0, 0.1) is 5.82 Å². The van der Waals surface area contributed by atoms with Crippen molar-refractivity contribution in [1.82, 2.24) is 30.2 Å². The Balaban J connectivity index is 1.30. The number of hydrogen-bond acceptors (Lipinski definition) is 9. The fourth-order valence-corrected chi connectivity index (χ4v) is 5.08. The molecule has 3 aromatic rings. The number of aromatic nitrogens is 4. The van der Waals surface area contributed by atoms with Gasteiger partial charge in [-0.15, -0.1) is 0 Å². The number of ether oxygens (including phenoxy) is 2. The second-order valence-electron chi connectivity index (χ2n) is 9.97. The number of carbonyl (C=O) groups is 1. The molecule has 0 saturated carbocycles. The molecule has 0 radical (unpaired) electrons. The number of nitrogens with one attached hydrogen (secondary N) is 1. The summed E-state index contributed by atoms with van der Waals surface area (Å²) in [6, 6.07) is 3.94. The topological polar surface area (TPSA) is 106 Å². The molecule has 5 rings (SSSR count). The number of nitrogens with zero attached hydrogens (tertiary/aromatic N) is 6. The van der Waals surface area contributed by atoms with Crippen LogP contribution in [0.4, 0.5) is 10.2 Å². The summed E-state index contributed by atoms with van der Waals surface area (Å²) in [5.41, 5.74) is 2.25. The smallest absolute Gasteiger partial charge is 0.257 e. The summed E-state index contributed by atoms with van der Waals surface area (Å²) in [6.45, 7) is 9.25. The van der Waals surface area contributed by atoms with Crippen molar-refractivity contribution in [3.8, 4) is 17.4 Å². The van der Waals surface area contributed by atoms with Crippen molar-refractivity contribution in [3.63, 3.8) is 0 Å². The highest BCUT2D eigenvalue weighted by atomic mass is 19.1. The highest BCUT2D eigenvalue weighted by molar-refractivity contribution is 5.97. The number of halogens is 1. The van der Waals surface area contributed by atoms with E-state index in [0.717, 1.165) is 37.1 Å². The molecule has 0 atom stereocenters. The van der Waals surface area contributed by atoms with Gasteiger partial charge in [0.2, 0.25) is 5.88 Å². The van der Waals surface area contributed by atoms with Crippen molar-refractivity contribution in [1.29, 1.82) is 0 Å². The predicted molar refractivity (Wildman–Crippen MR) is 144 cm³/mol. The van der Waals surface area contributed by atoms with Gasteiger partial charge in [0.15, 0.2) is 11.6 Å². The van der Waals surface area contributed by atoms with E-state index in [1.54, 1.807) is 17.4 Å². The van der Waals surface area contributed by atoms with E-state index < -0.39 is 5.82 Å². The second kappa shape index (κ2) is 11.9. The Hall–Kier alpha value is -3.86. The van der Waals surface area contributed by atoms with Crippen LogP contribution in [-0.4, -0.2) is 69.1 Å². The average molecular weight is 536 g/mol. The van der Waals surface area contributed by atoms with Crippen LogP contribution >= 0.6 is 0 Å². The van der Waals surface area contributed by atoms with Gasteiger partial charge in [-0.2, -0.15) is 0 Å². The normalized spacial score (nSPS) is 15.7. The van der Waals surface area contributed by atoms with Crippen LogP contribution in [0.5, 0.6) is 17.4 Å². The first-order chi connectivity index (χ1) is 18.9. The molecule has 11 heteroatoms. The van der Waals surface area contributed by atoms with Gasteiger partial charge < -0.3 is 24.6 Å². The third kappa shape index (κ3) is 5.93. The van der Waals surface area contributed by atoms with Crippen LogP contribution in [0.25, 0.3) is 0 Å². The number of amides is 1. The monoisotopic (exact) mass is 535 g/mol. The first-order valence-corrected chi connectivity index (χ1v) is 13.5. The first kappa shape index (κ1) is 26.7. The average Bonchev–Trinajstić information content (AvgIpc) is 2.95. The summed E-state index contributed by atoms with van der Waals surface area (Å²) < 4.78 is 26.7. The zero-order chi connectivity index (χ0) is 27.4. The standard InChI is InChI=1S/C28H34FN7O3/c1-4-36(18(2)3)28(37)21-13-19(29)5-6-24(21)39-25-15-31-16-33-26(25)35-11-8-20(9-12-35)38-27-22-14-30-10-7-23(22)32-17-34-27/h5-6,13,15-18,20,30H,4,7-12,14H2,1-3H3. The molecule has 39 heavy (non-hydrogen) atoms. The third-order valence-electron chi connectivity index (χ3n) is 7.13. The lowest BCUT2D eigenvalue weighted by atomic mass is 10.1. The summed E-state index contributed by atoms with van der Waals surface area (Å²) in [4.78, 5) is 34.5. The molecule has 0 aliphatic carbocycles. The Bertz CT molecular complexity index is 1310. The van der Waals surface area contributed by atoms with E-state index in [2.05, 4.69) is 30.2 Å². The minimum absolute atomic E-state index is 0.0192. The largest absolute Gasteiger partial charge is 0.474 e. The molecule has 1 N–H and O–H groups in total. The lowest BCUT2D eigenvalue weighted by molar-refractivity contribution is 0.0713. The Kier molecular flexibility index (Phi) is 8.16. The van der Waals surface area contributed by atoms with Crippen molar-refractivity contribution in [2.24, 2.45) is 0 Å². The number of fused-ring (bicyclic) bond motifs is 1. The van der Waals surface area contributed by atoms with Crippen LogP contribution < -0.4 is 19.7 Å². The fraction of sp³-hybridized carbons (Fsp3) is 0.464. The molecule has 0 unspecified atom stereocenters. The molecule has 0 bridgehead atoms. The number of anilines is 1. The van der Waals surface area contributed by atoms with E-state index in [-0.39, 0.29) is 29.4 Å². The van der Waals surface area contributed by atoms with Crippen molar-refractivity contribution in [2.75, 3.05) is 31.1 Å². The maximum absolute atomic E-state index is 14.2. The molecular weight excluding hydrogens is 501 g/mol. The molecule has 0 spiro atoms. The Morgan fingerprint density at radius 1 is 1.18 bits per heavy atom. The van der Waals surface area contributed by atoms with Crippen LogP contribution in [0.15, 0.2) is 37.1 Å². The molecule has 10 nitrogen and oxygen atoms in total. The van der Waals surface area contributed by atoms with Crippen LogP contribution in [0.2, 0.25) is 0 Å². The lowest BCUT2D eigenvalue weighted by Gasteiger charge is -2.33. The molecule has 2 aliphatic heterocycles. The molecular formula is C28H34FN7O3. The number of carbonyl (C=O) groups excluding carboxylic acids is 1. The molecule has 2 aromatic heterocycles. The fourth-order valence-electron chi connectivity index (χ4n) is 5.08. The van der Waals surface area contributed by atoms with E-state index >= 15 is 0 Å². The van der Waals surface area contributed by atoms with Gasteiger partial charge in [0, 0.05) is 63.6 Å². The van der Waals surface area contributed by atoms with Gasteiger partial charge in [-0.1, -0.05) is 0 Å². The van der Waals surface area contributed by atoms with Gasteiger partial charge in [0.1, 0.15) is 30.3 Å². The second-order valence-corrected chi connectivity index (χ2v) is 9.97. The van der Waals surface area contributed by atoms with Gasteiger partial charge >= 0.3 is 0 Å². The summed E-state index contributed by atoms with van der Waals surface area (Å²) in [7, 11) is 0. The van der Waals surface area contributed by atoms with Crippen LogP contribution in [-0.2, 0) is 13.0 Å². The number of rotatable bonds is 8. The molecule has 1 fully saturated rings. The zero-order valence-corrected chi connectivity index (χ0v) is 22.6. The zero-order valence-electron chi connectivity index (χ0n) is 22.6. The van der Waals surface area contributed by atoms with Gasteiger partial charge in [0.05, 0.1) is 17.5 Å². The minimum atomic E-state index is -0.502. The summed E-state index contributed by atoms with van der Waals surface area (Å²) in [5.74, 6) is 1.15. The molecule has 4 heterocycles. The number of hydrogen-bond donors (Lipinski definition) is 1. The minimum Gasteiger partial charge on any atom is -0.474 e. The van der Waals surface area contributed by atoms with Crippen molar-refractivity contribution in [2.45, 2.75) is 58.7 Å². The van der Waals surface area contributed by atoms with E-state index in [1.807, 2.05) is 20.8 Å². The van der Waals surface area contributed by atoms with E-state index in [0.29, 0.717) is 43.6 Å². The summed E-state index contributed by atoms with van der Waals surface area (Å²) >= 11 is 0. The predicted octanol–water partition coefficient (Wildman–Crippen LogP) is 3.76. The molecule has 2 aliphatic rings. The Labute approximate surface area is 227 Å². The van der Waals surface area contributed by atoms with E-state index in [9.17, 15) is 9.18 Å². The number of benzene rings is 1. The molecule has 206 valence electrons. The van der Waals surface area contributed by atoms with E-state index in [1.165, 1.54) is 24.5 Å². The molecule has 1 aromatic carbocycles. The van der Waals surface area contributed by atoms with Crippen molar-refractivity contribution < 1.29 is 18.7 Å². The van der Waals surface area contributed by atoms with E-state index in [4.69, 9.17) is 9.47 Å². The first-order valence-electron chi connectivity index (χ1n) is 13.5. The SMILES string of the molecule is CCN(C(=O)c1cc(F)ccc1Oc1cncnc1N1CCC(Oc2ncnc3c2CNCC3)CC1)C(C)C. The Morgan fingerprint density at radius 2 is 2.00 bits per heavy atom. The highest BCUT2D eigenvalue weighted by Gasteiger charge is 2.27. The van der Waals surface area contributed by atoms with Gasteiger partial charge in [0.25, 0.3) is 5.91 Å². The third-order valence-corrected chi connectivity index (χ3v) is 7.13. The lowest BCUT2D eigenvalue weighted by Crippen LogP contribution is -2.39. The van der Waals surface area contributed by atoms with Crippen LogP contribution in [0.1, 0.15) is 55.2 Å². The van der Waals surface area contributed by atoms with Gasteiger partial charge in [-0.3, -0.25) is 4.79 Å².